The molecule has 0 bridgehead atoms. The SMILES string of the molecule is CC.CC1CN(c2cccnn2)CC(C)O1. The molecule has 2 rings (SSSR count). The average Bonchev–Trinajstić information content (AvgIpc) is 2.32. The molecule has 2 heterocycles. The van der Waals surface area contributed by atoms with E-state index in [1.807, 2.05) is 26.0 Å². The van der Waals surface area contributed by atoms with Crippen LogP contribution in [0.2, 0.25) is 0 Å². The normalized spacial score (nSPS) is 24.6. The molecule has 0 N–H and O–H groups in total. The molecule has 1 fully saturated rings. The lowest BCUT2D eigenvalue weighted by molar-refractivity contribution is -0.00550. The number of morpholine rings is 1. The smallest absolute Gasteiger partial charge is 0.151 e. The summed E-state index contributed by atoms with van der Waals surface area (Å²) in [5.74, 6) is 0.939. The molecule has 16 heavy (non-hydrogen) atoms. The molecule has 0 spiro atoms. The van der Waals surface area contributed by atoms with Crippen molar-refractivity contribution in [3.63, 3.8) is 0 Å². The molecule has 0 radical (unpaired) electrons. The largest absolute Gasteiger partial charge is 0.372 e. The van der Waals surface area contributed by atoms with Gasteiger partial charge in [-0.1, -0.05) is 13.8 Å². The minimum Gasteiger partial charge on any atom is -0.372 e. The van der Waals surface area contributed by atoms with Crippen molar-refractivity contribution in [1.29, 1.82) is 0 Å². The number of aromatic nitrogens is 2. The quantitative estimate of drug-likeness (QED) is 0.731. The van der Waals surface area contributed by atoms with E-state index in [-0.39, 0.29) is 12.2 Å². The molecular formula is C12H21N3O. The van der Waals surface area contributed by atoms with E-state index in [0.29, 0.717) is 0 Å². The standard InChI is InChI=1S/C10H15N3O.C2H6/c1-8-6-13(7-9(2)14-8)10-4-3-5-11-12-10;1-2/h3-5,8-9H,6-7H2,1-2H3;1-2H3. The van der Waals surface area contributed by atoms with E-state index in [1.54, 1.807) is 6.20 Å². The van der Waals surface area contributed by atoms with Crippen LogP contribution in [0.25, 0.3) is 0 Å². The van der Waals surface area contributed by atoms with Crippen LogP contribution in [0.5, 0.6) is 0 Å². The van der Waals surface area contributed by atoms with E-state index >= 15 is 0 Å². The maximum Gasteiger partial charge on any atom is 0.151 e. The molecule has 1 aliphatic heterocycles. The van der Waals surface area contributed by atoms with E-state index in [2.05, 4.69) is 28.9 Å². The topological polar surface area (TPSA) is 38.2 Å². The van der Waals surface area contributed by atoms with Crippen LogP contribution in [-0.4, -0.2) is 35.5 Å². The van der Waals surface area contributed by atoms with Gasteiger partial charge in [0.1, 0.15) is 0 Å². The summed E-state index contributed by atoms with van der Waals surface area (Å²) < 4.78 is 5.65. The maximum absolute atomic E-state index is 5.65. The molecule has 0 saturated carbocycles. The van der Waals surface area contributed by atoms with Crippen molar-refractivity contribution in [2.45, 2.75) is 39.9 Å². The molecule has 4 heteroatoms. The van der Waals surface area contributed by atoms with Crippen LogP contribution in [0.3, 0.4) is 0 Å². The second-order valence-electron chi connectivity index (χ2n) is 3.74. The lowest BCUT2D eigenvalue weighted by atomic mass is 10.2. The number of nitrogens with zero attached hydrogens (tertiary/aromatic N) is 3. The monoisotopic (exact) mass is 223 g/mol. The predicted molar refractivity (Wildman–Crippen MR) is 65.6 cm³/mol. The van der Waals surface area contributed by atoms with Gasteiger partial charge in [0.25, 0.3) is 0 Å². The van der Waals surface area contributed by atoms with Gasteiger partial charge in [-0.05, 0) is 26.0 Å². The second-order valence-corrected chi connectivity index (χ2v) is 3.74. The van der Waals surface area contributed by atoms with E-state index in [4.69, 9.17) is 4.74 Å². The van der Waals surface area contributed by atoms with E-state index in [1.165, 1.54) is 0 Å². The Morgan fingerprint density at radius 3 is 2.38 bits per heavy atom. The van der Waals surface area contributed by atoms with E-state index < -0.39 is 0 Å². The molecule has 0 aromatic carbocycles. The van der Waals surface area contributed by atoms with Gasteiger partial charge < -0.3 is 9.64 Å². The van der Waals surface area contributed by atoms with E-state index in [0.717, 1.165) is 18.9 Å². The van der Waals surface area contributed by atoms with Crippen molar-refractivity contribution < 1.29 is 4.74 Å². The van der Waals surface area contributed by atoms with Gasteiger partial charge in [0, 0.05) is 19.3 Å². The molecular weight excluding hydrogens is 202 g/mol. The molecule has 2 unspecified atom stereocenters. The number of rotatable bonds is 1. The lowest BCUT2D eigenvalue weighted by Crippen LogP contribution is -2.45. The fraction of sp³-hybridized carbons (Fsp3) is 0.667. The zero-order chi connectivity index (χ0) is 12.0. The number of hydrogen-bond acceptors (Lipinski definition) is 4. The van der Waals surface area contributed by atoms with E-state index in [9.17, 15) is 0 Å². The minimum atomic E-state index is 0.265. The Bertz CT molecular complexity index is 282. The highest BCUT2D eigenvalue weighted by molar-refractivity contribution is 5.37. The van der Waals surface area contributed by atoms with Crippen molar-refractivity contribution >= 4 is 5.82 Å². The van der Waals surface area contributed by atoms with Crippen LogP contribution in [0.15, 0.2) is 18.3 Å². The van der Waals surface area contributed by atoms with Gasteiger partial charge in [-0.25, -0.2) is 0 Å². The summed E-state index contributed by atoms with van der Waals surface area (Å²) in [7, 11) is 0. The van der Waals surface area contributed by atoms with Crippen LogP contribution in [0.1, 0.15) is 27.7 Å². The van der Waals surface area contributed by atoms with Crippen molar-refractivity contribution in [3.05, 3.63) is 18.3 Å². The fourth-order valence-electron chi connectivity index (χ4n) is 1.83. The molecule has 90 valence electrons. The number of ether oxygens (including phenoxy) is 1. The summed E-state index contributed by atoms with van der Waals surface area (Å²) in [6, 6.07) is 3.89. The van der Waals surface area contributed by atoms with Crippen LogP contribution < -0.4 is 4.90 Å². The van der Waals surface area contributed by atoms with Crippen molar-refractivity contribution in [3.8, 4) is 0 Å². The first-order valence-corrected chi connectivity index (χ1v) is 5.94. The Kier molecular flexibility index (Phi) is 5.19. The zero-order valence-electron chi connectivity index (χ0n) is 10.6. The van der Waals surface area contributed by atoms with Crippen LogP contribution in [0.4, 0.5) is 5.82 Å². The second kappa shape index (κ2) is 6.43. The first-order valence-electron chi connectivity index (χ1n) is 5.94. The first kappa shape index (κ1) is 12.9. The van der Waals surface area contributed by atoms with Crippen LogP contribution in [-0.2, 0) is 4.74 Å². The highest BCUT2D eigenvalue weighted by atomic mass is 16.5. The van der Waals surface area contributed by atoms with Gasteiger partial charge in [-0.3, -0.25) is 0 Å². The van der Waals surface area contributed by atoms with Crippen LogP contribution in [0, 0.1) is 0 Å². The van der Waals surface area contributed by atoms with Crippen LogP contribution >= 0.6 is 0 Å². The van der Waals surface area contributed by atoms with Gasteiger partial charge in [0.15, 0.2) is 5.82 Å². The predicted octanol–water partition coefficient (Wildman–Crippen LogP) is 2.12. The summed E-state index contributed by atoms with van der Waals surface area (Å²) in [5, 5.41) is 7.97. The summed E-state index contributed by atoms with van der Waals surface area (Å²) >= 11 is 0. The summed E-state index contributed by atoms with van der Waals surface area (Å²) in [6.07, 6.45) is 2.22. The Morgan fingerprint density at radius 1 is 1.25 bits per heavy atom. The highest BCUT2D eigenvalue weighted by Crippen LogP contribution is 2.16. The molecule has 2 atom stereocenters. The summed E-state index contributed by atoms with van der Waals surface area (Å²) in [4.78, 5) is 2.21. The third kappa shape index (κ3) is 3.45. The van der Waals surface area contributed by atoms with Gasteiger partial charge in [0.05, 0.1) is 12.2 Å². The minimum absolute atomic E-state index is 0.265. The van der Waals surface area contributed by atoms with Crippen molar-refractivity contribution in [2.75, 3.05) is 18.0 Å². The third-order valence-corrected chi connectivity index (χ3v) is 2.30. The van der Waals surface area contributed by atoms with Gasteiger partial charge in [-0.2, -0.15) is 5.10 Å². The molecule has 1 aliphatic rings. The van der Waals surface area contributed by atoms with Gasteiger partial charge in [-0.15, -0.1) is 5.10 Å². The third-order valence-electron chi connectivity index (χ3n) is 2.30. The van der Waals surface area contributed by atoms with Gasteiger partial charge >= 0.3 is 0 Å². The summed E-state index contributed by atoms with van der Waals surface area (Å²) in [6.45, 7) is 9.95. The Hall–Kier alpha value is -1.16. The first-order chi connectivity index (χ1) is 7.75. The highest BCUT2D eigenvalue weighted by Gasteiger charge is 2.22. The fourth-order valence-corrected chi connectivity index (χ4v) is 1.83. The summed E-state index contributed by atoms with van der Waals surface area (Å²) in [5.41, 5.74) is 0. The maximum atomic E-state index is 5.65. The molecule has 1 aromatic heterocycles. The zero-order valence-corrected chi connectivity index (χ0v) is 10.6. The number of anilines is 1. The lowest BCUT2D eigenvalue weighted by Gasteiger charge is -2.35. The molecule has 4 nitrogen and oxygen atoms in total. The van der Waals surface area contributed by atoms with Gasteiger partial charge in [0.2, 0.25) is 0 Å². The van der Waals surface area contributed by atoms with Crippen molar-refractivity contribution in [1.82, 2.24) is 10.2 Å². The molecule has 0 amide bonds. The Balaban J connectivity index is 0.000000606. The Morgan fingerprint density at radius 2 is 1.88 bits per heavy atom. The molecule has 1 aromatic rings. The average molecular weight is 223 g/mol. The molecule has 1 saturated heterocycles. The Labute approximate surface area is 97.6 Å². The molecule has 0 aliphatic carbocycles. The van der Waals surface area contributed by atoms with Crippen molar-refractivity contribution in [2.24, 2.45) is 0 Å². The number of hydrogen-bond donors (Lipinski definition) is 0.